The van der Waals surface area contributed by atoms with Crippen molar-refractivity contribution in [3.63, 3.8) is 0 Å². The Morgan fingerprint density at radius 2 is 1.89 bits per heavy atom. The summed E-state index contributed by atoms with van der Waals surface area (Å²) >= 11 is 0. The average molecular weight is 397 g/mol. The Bertz CT molecular complexity index is 1080. The molecule has 1 aromatic heterocycles. The van der Waals surface area contributed by atoms with E-state index in [0.29, 0.717) is 30.1 Å². The molecule has 0 bridgehead atoms. The summed E-state index contributed by atoms with van der Waals surface area (Å²) in [5.74, 6) is 0.658. The first-order valence-corrected chi connectivity index (χ1v) is 10.3. The molecular weight excluding hydrogens is 378 g/mol. The molecule has 0 atom stereocenters. The summed E-state index contributed by atoms with van der Waals surface area (Å²) in [6.07, 6.45) is 2.13. The van der Waals surface area contributed by atoms with Gasteiger partial charge in [0, 0.05) is 12.2 Å². The number of furan rings is 1. The van der Waals surface area contributed by atoms with Crippen LogP contribution in [-0.2, 0) is 23.0 Å². The molecule has 1 aliphatic rings. The van der Waals surface area contributed by atoms with Crippen LogP contribution >= 0.6 is 0 Å². The van der Waals surface area contributed by atoms with Crippen molar-refractivity contribution in [1.82, 2.24) is 5.32 Å². The van der Waals surface area contributed by atoms with Gasteiger partial charge in [0.1, 0.15) is 5.76 Å². The third-order valence-electron chi connectivity index (χ3n) is 4.52. The van der Waals surface area contributed by atoms with E-state index in [4.69, 9.17) is 4.42 Å². The Morgan fingerprint density at radius 1 is 1.07 bits per heavy atom. The van der Waals surface area contributed by atoms with E-state index in [1.807, 2.05) is 6.07 Å². The van der Waals surface area contributed by atoms with Gasteiger partial charge in [-0.3, -0.25) is 4.31 Å². The number of nitrogens with zero attached hydrogens (tertiary/aromatic N) is 1. The van der Waals surface area contributed by atoms with Crippen LogP contribution in [0.25, 0.3) is 0 Å². The van der Waals surface area contributed by atoms with Crippen molar-refractivity contribution in [2.75, 3.05) is 16.2 Å². The van der Waals surface area contributed by atoms with Crippen LogP contribution in [0.15, 0.2) is 76.2 Å². The van der Waals surface area contributed by atoms with Gasteiger partial charge in [-0.1, -0.05) is 18.2 Å². The first kappa shape index (κ1) is 18.1. The topological polar surface area (TPSA) is 91.7 Å². The van der Waals surface area contributed by atoms with Gasteiger partial charge in [0.25, 0.3) is 10.0 Å². The van der Waals surface area contributed by atoms with E-state index < -0.39 is 10.0 Å². The zero-order valence-electron chi connectivity index (χ0n) is 15.0. The lowest BCUT2D eigenvalue weighted by atomic mass is 10.1. The number of carbonyl (C=O) groups excluding carboxylic acids is 1. The highest BCUT2D eigenvalue weighted by Crippen LogP contribution is 2.34. The van der Waals surface area contributed by atoms with Gasteiger partial charge in [-0.05, 0) is 54.4 Å². The summed E-state index contributed by atoms with van der Waals surface area (Å²) in [4.78, 5) is 12.3. The predicted molar refractivity (Wildman–Crippen MR) is 106 cm³/mol. The number of rotatable bonds is 5. The third-order valence-corrected chi connectivity index (χ3v) is 6.35. The highest BCUT2D eigenvalue weighted by molar-refractivity contribution is 7.92. The van der Waals surface area contributed by atoms with Crippen LogP contribution < -0.4 is 14.9 Å². The molecule has 8 heteroatoms. The highest BCUT2D eigenvalue weighted by Gasteiger charge is 2.30. The molecule has 0 radical (unpaired) electrons. The van der Waals surface area contributed by atoms with Crippen LogP contribution in [0.3, 0.4) is 0 Å². The van der Waals surface area contributed by atoms with Crippen molar-refractivity contribution < 1.29 is 17.6 Å². The number of nitrogens with one attached hydrogen (secondary N) is 2. The number of benzene rings is 2. The van der Waals surface area contributed by atoms with E-state index in [1.165, 1.54) is 4.31 Å². The van der Waals surface area contributed by atoms with E-state index in [1.54, 1.807) is 60.9 Å². The molecule has 2 heterocycles. The first-order valence-electron chi connectivity index (χ1n) is 8.82. The summed E-state index contributed by atoms with van der Waals surface area (Å²) in [7, 11) is -3.60. The lowest BCUT2D eigenvalue weighted by Crippen LogP contribution is -2.29. The molecule has 0 saturated heterocycles. The lowest BCUT2D eigenvalue weighted by Gasteiger charge is -2.19. The molecule has 0 unspecified atom stereocenters. The quantitative estimate of drug-likeness (QED) is 0.691. The molecule has 3 aromatic rings. The molecular formula is C20H19N3O4S. The number of anilines is 2. The lowest BCUT2D eigenvalue weighted by molar-refractivity contribution is 0.251. The number of hydrogen-bond acceptors (Lipinski definition) is 4. The molecule has 144 valence electrons. The number of urea groups is 1. The SMILES string of the molecule is O=C(NCc1ccco1)Nc1ccc2c(c1)CCN2S(=O)(=O)c1ccccc1. The Labute approximate surface area is 163 Å². The second-order valence-electron chi connectivity index (χ2n) is 6.37. The summed E-state index contributed by atoms with van der Waals surface area (Å²) < 4.78 is 32.4. The second-order valence-corrected chi connectivity index (χ2v) is 8.23. The second kappa shape index (κ2) is 7.40. The minimum atomic E-state index is -3.60. The van der Waals surface area contributed by atoms with Crippen molar-refractivity contribution in [3.8, 4) is 0 Å². The Kier molecular flexibility index (Phi) is 4.79. The number of sulfonamides is 1. The smallest absolute Gasteiger partial charge is 0.319 e. The fourth-order valence-corrected chi connectivity index (χ4v) is 4.70. The minimum absolute atomic E-state index is 0.266. The molecule has 28 heavy (non-hydrogen) atoms. The highest BCUT2D eigenvalue weighted by atomic mass is 32.2. The van der Waals surface area contributed by atoms with E-state index in [9.17, 15) is 13.2 Å². The van der Waals surface area contributed by atoms with Gasteiger partial charge < -0.3 is 15.1 Å². The van der Waals surface area contributed by atoms with Gasteiger partial charge in [-0.15, -0.1) is 0 Å². The molecule has 0 fully saturated rings. The van der Waals surface area contributed by atoms with Crippen molar-refractivity contribution in [1.29, 1.82) is 0 Å². The fourth-order valence-electron chi connectivity index (χ4n) is 3.17. The zero-order chi connectivity index (χ0) is 19.6. The van der Waals surface area contributed by atoms with Crippen LogP contribution in [0, 0.1) is 0 Å². The van der Waals surface area contributed by atoms with E-state index in [-0.39, 0.29) is 17.5 Å². The molecule has 1 aliphatic heterocycles. The van der Waals surface area contributed by atoms with Crippen molar-refractivity contribution in [2.45, 2.75) is 17.9 Å². The normalized spacial score (nSPS) is 13.2. The van der Waals surface area contributed by atoms with Gasteiger partial charge in [-0.2, -0.15) is 0 Å². The maximum Gasteiger partial charge on any atom is 0.319 e. The third kappa shape index (κ3) is 3.59. The number of amides is 2. The van der Waals surface area contributed by atoms with Crippen molar-refractivity contribution >= 4 is 27.4 Å². The minimum Gasteiger partial charge on any atom is -0.467 e. The molecule has 0 spiro atoms. The molecule has 7 nitrogen and oxygen atoms in total. The van der Waals surface area contributed by atoms with Crippen molar-refractivity contribution in [3.05, 3.63) is 78.3 Å². The van der Waals surface area contributed by atoms with Crippen LogP contribution in [0.2, 0.25) is 0 Å². The van der Waals surface area contributed by atoms with Crippen LogP contribution in [0.5, 0.6) is 0 Å². The van der Waals surface area contributed by atoms with E-state index >= 15 is 0 Å². The molecule has 2 amide bonds. The van der Waals surface area contributed by atoms with E-state index in [2.05, 4.69) is 10.6 Å². The summed E-state index contributed by atoms with van der Waals surface area (Å²) in [5, 5.41) is 5.47. The maximum absolute atomic E-state index is 12.9. The molecule has 0 aliphatic carbocycles. The number of fused-ring (bicyclic) bond motifs is 1. The molecule has 2 N–H and O–H groups in total. The standard InChI is InChI=1S/C20H19N3O4S/c24-20(21-14-17-5-4-12-27-17)22-16-8-9-19-15(13-16)10-11-23(19)28(25,26)18-6-2-1-3-7-18/h1-9,12-13H,10-11,14H2,(H2,21,22,24). The van der Waals surface area contributed by atoms with Gasteiger partial charge in [0.2, 0.25) is 0 Å². The van der Waals surface area contributed by atoms with Gasteiger partial charge >= 0.3 is 6.03 Å². The molecule has 4 rings (SSSR count). The van der Waals surface area contributed by atoms with Crippen LogP contribution in [0.4, 0.5) is 16.2 Å². The molecule has 2 aromatic carbocycles. The van der Waals surface area contributed by atoms with E-state index in [0.717, 1.165) is 5.56 Å². The fraction of sp³-hybridized carbons (Fsp3) is 0.150. The number of hydrogen-bond donors (Lipinski definition) is 2. The first-order chi connectivity index (χ1) is 13.5. The van der Waals surface area contributed by atoms with Gasteiger partial charge in [0.05, 0.1) is 23.4 Å². The monoisotopic (exact) mass is 397 g/mol. The van der Waals surface area contributed by atoms with Crippen LogP contribution in [0.1, 0.15) is 11.3 Å². The Morgan fingerprint density at radius 3 is 2.64 bits per heavy atom. The largest absolute Gasteiger partial charge is 0.467 e. The molecule has 0 saturated carbocycles. The maximum atomic E-state index is 12.9. The summed E-state index contributed by atoms with van der Waals surface area (Å²) in [6.45, 7) is 0.660. The van der Waals surface area contributed by atoms with Crippen molar-refractivity contribution in [2.24, 2.45) is 0 Å². The van der Waals surface area contributed by atoms with Gasteiger partial charge in [-0.25, -0.2) is 13.2 Å². The average Bonchev–Trinajstić information content (AvgIpc) is 3.37. The predicted octanol–water partition coefficient (Wildman–Crippen LogP) is 3.35. The summed E-state index contributed by atoms with van der Waals surface area (Å²) in [5.41, 5.74) is 2.13. The van der Waals surface area contributed by atoms with Gasteiger partial charge in [0.15, 0.2) is 0 Å². The zero-order valence-corrected chi connectivity index (χ0v) is 15.8. The Hall–Kier alpha value is -3.26. The Balaban J connectivity index is 1.47. The number of carbonyl (C=O) groups is 1. The van der Waals surface area contributed by atoms with Crippen LogP contribution in [-0.4, -0.2) is 21.0 Å². The summed E-state index contributed by atoms with van der Waals surface area (Å²) in [6, 6.07) is 16.8.